The zero-order valence-electron chi connectivity index (χ0n) is 14.9. The molecule has 0 bridgehead atoms. The Hall–Kier alpha value is -3.56. The van der Waals surface area contributed by atoms with Crippen molar-refractivity contribution >= 4 is 23.0 Å². The van der Waals surface area contributed by atoms with Crippen LogP contribution in [0.3, 0.4) is 0 Å². The first-order valence-corrected chi connectivity index (χ1v) is 8.35. The van der Waals surface area contributed by atoms with Gasteiger partial charge in [0.15, 0.2) is 0 Å². The smallest absolute Gasteiger partial charge is 0.463 e. The predicted octanol–water partition coefficient (Wildman–Crippen LogP) is 0.495. The van der Waals surface area contributed by atoms with Crippen LogP contribution < -0.4 is 14.9 Å². The Morgan fingerprint density at radius 3 is 2.63 bits per heavy atom. The largest absolute Gasteiger partial charge is 0.500 e. The first-order chi connectivity index (χ1) is 13.0. The second-order valence-electron chi connectivity index (χ2n) is 6.07. The molecule has 27 heavy (non-hydrogen) atoms. The minimum Gasteiger partial charge on any atom is -0.463 e. The topological polar surface area (TPSA) is 125 Å². The van der Waals surface area contributed by atoms with E-state index in [1.165, 1.54) is 6.33 Å². The molecule has 0 atom stereocenters. The fourth-order valence-corrected chi connectivity index (χ4v) is 2.50. The third-order valence-electron chi connectivity index (χ3n) is 3.68. The van der Waals surface area contributed by atoms with Crippen LogP contribution in [0.4, 0.5) is 5.95 Å². The van der Waals surface area contributed by atoms with Gasteiger partial charge in [-0.3, -0.25) is 10.1 Å². The van der Waals surface area contributed by atoms with Crippen LogP contribution >= 0.6 is 0 Å². The standard InChI is InChI=1S/C17H19N6O4/c1-11(2)27-16(24)5-6-20-17-21-23(26)15-7-12(3-4-14(15)22(17)25)13-8-18-10-19-9-13/h3-4,7-11,25H,5-6H2,1-2H3,(H,20,21,26)/q+1/p+1. The van der Waals surface area contributed by atoms with Gasteiger partial charge in [0, 0.05) is 24.0 Å². The lowest BCUT2D eigenvalue weighted by Gasteiger charge is -2.06. The van der Waals surface area contributed by atoms with E-state index in [0.29, 0.717) is 10.4 Å². The van der Waals surface area contributed by atoms with Crippen molar-refractivity contribution in [2.24, 2.45) is 0 Å². The van der Waals surface area contributed by atoms with Gasteiger partial charge < -0.3 is 9.94 Å². The Balaban J connectivity index is 1.83. The van der Waals surface area contributed by atoms with Gasteiger partial charge in [-0.25, -0.2) is 15.2 Å². The zero-order valence-corrected chi connectivity index (χ0v) is 14.9. The van der Waals surface area contributed by atoms with E-state index in [4.69, 9.17) is 4.74 Å². The van der Waals surface area contributed by atoms with E-state index >= 15 is 0 Å². The van der Waals surface area contributed by atoms with Gasteiger partial charge in [-0.2, -0.15) is 0 Å². The molecule has 0 aliphatic carbocycles. The van der Waals surface area contributed by atoms with Crippen molar-refractivity contribution in [3.05, 3.63) is 36.9 Å². The zero-order chi connectivity index (χ0) is 19.4. The lowest BCUT2D eigenvalue weighted by molar-refractivity contribution is -0.950. The number of anilines is 1. The minimum atomic E-state index is -0.366. The molecule has 0 radical (unpaired) electrons. The number of carbonyl (C=O) groups excluding carboxylic acids is 1. The van der Waals surface area contributed by atoms with Crippen LogP contribution in [0.15, 0.2) is 36.9 Å². The van der Waals surface area contributed by atoms with Crippen LogP contribution in [0.25, 0.3) is 22.2 Å². The van der Waals surface area contributed by atoms with Crippen molar-refractivity contribution in [1.82, 2.24) is 15.1 Å². The molecule has 0 aliphatic heterocycles. The second kappa shape index (κ2) is 7.77. The molecule has 3 rings (SSSR count). The summed E-state index contributed by atoms with van der Waals surface area (Å²) in [5, 5.41) is 27.2. The first kappa shape index (κ1) is 18.2. The molecular weight excluding hydrogens is 352 g/mol. The summed E-state index contributed by atoms with van der Waals surface area (Å²) in [5.41, 5.74) is 2.11. The van der Waals surface area contributed by atoms with Crippen LogP contribution in [0, 0.1) is 0 Å². The number of hydrogen-bond donors (Lipinski definition) is 3. The molecule has 0 aliphatic rings. The van der Waals surface area contributed by atoms with E-state index in [1.54, 1.807) is 44.4 Å². The lowest BCUT2D eigenvalue weighted by Crippen LogP contribution is -2.47. The highest BCUT2D eigenvalue weighted by Crippen LogP contribution is 2.20. The molecule has 1 aromatic carbocycles. The molecule has 0 saturated carbocycles. The van der Waals surface area contributed by atoms with Crippen molar-refractivity contribution in [3.63, 3.8) is 0 Å². The number of nitrogens with one attached hydrogen (secondary N) is 1. The fraction of sp³-hybridized carbons (Fsp3) is 0.294. The average Bonchev–Trinajstić information content (AvgIpc) is 2.65. The van der Waals surface area contributed by atoms with Crippen molar-refractivity contribution in [3.8, 4) is 11.1 Å². The van der Waals surface area contributed by atoms with E-state index in [0.717, 1.165) is 15.9 Å². The normalized spacial score (nSPS) is 10.9. The summed E-state index contributed by atoms with van der Waals surface area (Å²) in [5.74, 6) is -0.382. The third-order valence-corrected chi connectivity index (χ3v) is 3.68. The number of benzene rings is 1. The molecule has 3 aromatic rings. The Morgan fingerprint density at radius 1 is 1.19 bits per heavy atom. The van der Waals surface area contributed by atoms with Crippen LogP contribution in [-0.2, 0) is 9.53 Å². The van der Waals surface area contributed by atoms with Crippen molar-refractivity contribution < 1.29 is 29.5 Å². The fourth-order valence-electron chi connectivity index (χ4n) is 2.50. The van der Waals surface area contributed by atoms with Gasteiger partial charge in [0.2, 0.25) is 10.4 Å². The van der Waals surface area contributed by atoms with Crippen LogP contribution in [-0.4, -0.2) is 44.1 Å². The number of nitrogens with zero attached hydrogens (tertiary/aromatic N) is 5. The van der Waals surface area contributed by atoms with E-state index in [9.17, 15) is 15.2 Å². The molecule has 0 spiro atoms. The number of hydrogen-bond acceptors (Lipinski definition) is 8. The van der Waals surface area contributed by atoms with Gasteiger partial charge in [0.05, 0.1) is 19.1 Å². The lowest BCUT2D eigenvalue weighted by atomic mass is 10.1. The number of ether oxygens (including phenoxy) is 1. The summed E-state index contributed by atoms with van der Waals surface area (Å²) in [4.78, 5) is 20.1. The molecule has 140 valence electrons. The van der Waals surface area contributed by atoms with E-state index in [1.807, 2.05) is 0 Å². The van der Waals surface area contributed by atoms with E-state index < -0.39 is 0 Å². The summed E-state index contributed by atoms with van der Waals surface area (Å²) in [6, 6.07) is 5.04. The summed E-state index contributed by atoms with van der Waals surface area (Å²) in [7, 11) is 0. The first-order valence-electron chi connectivity index (χ1n) is 8.35. The third kappa shape index (κ3) is 4.17. The average molecular weight is 372 g/mol. The molecule has 0 saturated heterocycles. The SMILES string of the molecule is CC(C)OC(=O)CCNc1n[n+](O)c2cc(-c3cncnc3)ccc2[n+]1O. The van der Waals surface area contributed by atoms with E-state index in [-0.39, 0.29) is 36.5 Å². The second-order valence-corrected chi connectivity index (χ2v) is 6.07. The van der Waals surface area contributed by atoms with Crippen molar-refractivity contribution in [2.75, 3.05) is 11.9 Å². The van der Waals surface area contributed by atoms with Crippen molar-refractivity contribution in [1.29, 1.82) is 0 Å². The highest BCUT2D eigenvalue weighted by atomic mass is 16.5. The Morgan fingerprint density at radius 2 is 1.93 bits per heavy atom. The summed E-state index contributed by atoms with van der Waals surface area (Å²) < 4.78 is 5.84. The summed E-state index contributed by atoms with van der Waals surface area (Å²) in [6.07, 6.45) is 4.61. The minimum absolute atomic E-state index is 0.0156. The van der Waals surface area contributed by atoms with Gasteiger partial charge in [0.1, 0.15) is 6.33 Å². The maximum Gasteiger partial charge on any atom is 0.500 e. The highest BCUT2D eigenvalue weighted by Gasteiger charge is 2.28. The highest BCUT2D eigenvalue weighted by molar-refractivity contribution is 5.76. The van der Waals surface area contributed by atoms with Gasteiger partial charge >= 0.3 is 17.4 Å². The van der Waals surface area contributed by atoms with Gasteiger partial charge in [0.25, 0.3) is 5.10 Å². The van der Waals surface area contributed by atoms with Crippen LogP contribution in [0.5, 0.6) is 0 Å². The Bertz CT molecular complexity index is 965. The van der Waals surface area contributed by atoms with Gasteiger partial charge in [-0.1, -0.05) is 6.07 Å². The van der Waals surface area contributed by atoms with Crippen molar-refractivity contribution in [2.45, 2.75) is 26.4 Å². The Labute approximate surface area is 154 Å². The molecule has 0 amide bonds. The van der Waals surface area contributed by atoms with Crippen LogP contribution in [0.2, 0.25) is 0 Å². The number of aromatic nitrogens is 5. The maximum absolute atomic E-state index is 11.6. The maximum atomic E-state index is 11.6. The molecule has 2 heterocycles. The van der Waals surface area contributed by atoms with Gasteiger partial charge in [-0.05, 0) is 30.2 Å². The molecule has 0 unspecified atom stereocenters. The summed E-state index contributed by atoms with van der Waals surface area (Å²) in [6.45, 7) is 3.72. The molecule has 10 nitrogen and oxygen atoms in total. The Kier molecular flexibility index (Phi) is 5.25. The quantitative estimate of drug-likeness (QED) is 0.324. The molecule has 2 aromatic heterocycles. The molecule has 10 heteroatoms. The number of rotatable bonds is 6. The molecule has 3 N–H and O–H groups in total. The molecular formula is C17H20N6O4+2. The monoisotopic (exact) mass is 372 g/mol. The number of esters is 1. The predicted molar refractivity (Wildman–Crippen MR) is 91.9 cm³/mol. The number of fused-ring (bicyclic) bond motifs is 1. The van der Waals surface area contributed by atoms with Crippen LogP contribution in [0.1, 0.15) is 20.3 Å². The van der Waals surface area contributed by atoms with E-state index in [2.05, 4.69) is 20.4 Å². The molecule has 0 fully saturated rings. The van der Waals surface area contributed by atoms with Gasteiger partial charge in [-0.15, -0.1) is 0 Å². The summed E-state index contributed by atoms with van der Waals surface area (Å²) >= 11 is 0. The number of carbonyl (C=O) groups is 1.